The van der Waals surface area contributed by atoms with Crippen LogP contribution in [-0.2, 0) is 6.42 Å². The van der Waals surface area contributed by atoms with Gasteiger partial charge in [-0.3, -0.25) is 0 Å². The van der Waals surface area contributed by atoms with Gasteiger partial charge in [0.25, 0.3) is 0 Å². The van der Waals surface area contributed by atoms with Gasteiger partial charge in [0.2, 0.25) is 0 Å². The van der Waals surface area contributed by atoms with Crippen molar-refractivity contribution < 1.29 is 0 Å². The van der Waals surface area contributed by atoms with E-state index < -0.39 is 0 Å². The second kappa shape index (κ2) is 6.21. The van der Waals surface area contributed by atoms with Gasteiger partial charge in [-0.1, -0.05) is 76.1 Å². The predicted molar refractivity (Wildman–Crippen MR) is 95.5 cm³/mol. The third-order valence-corrected chi connectivity index (χ3v) is 4.86. The topological polar surface area (TPSA) is 0 Å². The lowest BCUT2D eigenvalue weighted by molar-refractivity contribution is 0.948. The van der Waals surface area contributed by atoms with Gasteiger partial charge in [0.05, 0.1) is 0 Å². The van der Waals surface area contributed by atoms with Crippen molar-refractivity contribution in [2.75, 3.05) is 0 Å². The Labute approximate surface area is 138 Å². The van der Waals surface area contributed by atoms with Crippen molar-refractivity contribution in [1.82, 2.24) is 0 Å². The zero-order valence-corrected chi connectivity index (χ0v) is 14.2. The maximum atomic E-state index is 5.96. The van der Waals surface area contributed by atoms with Crippen LogP contribution in [0.4, 0.5) is 0 Å². The molecule has 0 aliphatic rings. The SMILES string of the molecule is Cc1ccc2ccccc2c1C(Br)Cc1ccc(Cl)cc1. The van der Waals surface area contributed by atoms with Crippen molar-refractivity contribution in [3.8, 4) is 0 Å². The lowest BCUT2D eigenvalue weighted by atomic mass is 9.94. The highest BCUT2D eigenvalue weighted by molar-refractivity contribution is 9.09. The summed E-state index contributed by atoms with van der Waals surface area (Å²) >= 11 is 9.84. The predicted octanol–water partition coefficient (Wildman–Crippen LogP) is 6.48. The summed E-state index contributed by atoms with van der Waals surface area (Å²) in [6, 6.07) is 21.0. The molecule has 0 saturated heterocycles. The molecule has 3 aromatic rings. The van der Waals surface area contributed by atoms with E-state index in [9.17, 15) is 0 Å². The summed E-state index contributed by atoms with van der Waals surface area (Å²) in [4.78, 5) is 0.296. The zero-order chi connectivity index (χ0) is 14.8. The number of rotatable bonds is 3. The fourth-order valence-electron chi connectivity index (χ4n) is 2.75. The van der Waals surface area contributed by atoms with E-state index in [0.717, 1.165) is 11.4 Å². The van der Waals surface area contributed by atoms with Gasteiger partial charge in [0.1, 0.15) is 0 Å². The molecule has 0 bridgehead atoms. The Hall–Kier alpha value is -1.31. The standard InChI is InChI=1S/C19H16BrCl/c1-13-6-9-15-4-2-3-5-17(15)19(13)18(20)12-14-7-10-16(21)11-8-14/h2-11,18H,12H2,1H3. The Kier molecular flexibility index (Phi) is 4.32. The van der Waals surface area contributed by atoms with Crippen LogP contribution in [0.2, 0.25) is 5.02 Å². The normalized spacial score (nSPS) is 12.5. The molecule has 0 N–H and O–H groups in total. The average Bonchev–Trinajstić information content (AvgIpc) is 2.49. The molecule has 1 atom stereocenters. The Balaban J connectivity index is 1.99. The van der Waals surface area contributed by atoms with Crippen LogP contribution < -0.4 is 0 Å². The molecule has 106 valence electrons. The van der Waals surface area contributed by atoms with Crippen molar-refractivity contribution in [3.05, 3.63) is 82.4 Å². The molecule has 3 rings (SSSR count). The second-order valence-electron chi connectivity index (χ2n) is 5.32. The summed E-state index contributed by atoms with van der Waals surface area (Å²) in [6.45, 7) is 2.18. The van der Waals surface area contributed by atoms with Gasteiger partial charge in [0, 0.05) is 9.85 Å². The van der Waals surface area contributed by atoms with Crippen LogP contribution in [0, 0.1) is 6.92 Å². The molecule has 0 spiro atoms. The van der Waals surface area contributed by atoms with Crippen molar-refractivity contribution in [1.29, 1.82) is 0 Å². The number of hydrogen-bond acceptors (Lipinski definition) is 0. The molecule has 0 saturated carbocycles. The number of alkyl halides is 1. The molecular weight excluding hydrogens is 344 g/mol. The number of halogens is 2. The third-order valence-electron chi connectivity index (χ3n) is 3.83. The third kappa shape index (κ3) is 3.14. The van der Waals surface area contributed by atoms with Crippen LogP contribution in [0.1, 0.15) is 21.5 Å². The van der Waals surface area contributed by atoms with E-state index in [1.807, 2.05) is 12.1 Å². The summed E-state index contributed by atoms with van der Waals surface area (Å²) < 4.78 is 0. The molecule has 0 radical (unpaired) electrons. The lowest BCUT2D eigenvalue weighted by Crippen LogP contribution is -1.99. The van der Waals surface area contributed by atoms with Crippen LogP contribution in [0.5, 0.6) is 0 Å². The van der Waals surface area contributed by atoms with E-state index in [1.54, 1.807) is 0 Å². The van der Waals surface area contributed by atoms with Crippen molar-refractivity contribution in [2.24, 2.45) is 0 Å². The molecule has 3 aromatic carbocycles. The molecule has 0 amide bonds. The molecule has 2 heteroatoms. The summed E-state index contributed by atoms with van der Waals surface area (Å²) in [6.07, 6.45) is 0.950. The first-order chi connectivity index (χ1) is 10.1. The lowest BCUT2D eigenvalue weighted by Gasteiger charge is -2.16. The molecule has 0 aliphatic carbocycles. The summed E-state index contributed by atoms with van der Waals surface area (Å²) in [5.74, 6) is 0. The number of aryl methyl sites for hydroxylation is 1. The Morgan fingerprint density at radius 2 is 1.67 bits per heavy atom. The minimum atomic E-state index is 0.296. The van der Waals surface area contributed by atoms with Crippen LogP contribution in [0.15, 0.2) is 60.7 Å². The highest BCUT2D eigenvalue weighted by Gasteiger charge is 2.14. The zero-order valence-electron chi connectivity index (χ0n) is 11.8. The Morgan fingerprint density at radius 1 is 0.952 bits per heavy atom. The minimum absolute atomic E-state index is 0.296. The monoisotopic (exact) mass is 358 g/mol. The highest BCUT2D eigenvalue weighted by Crippen LogP contribution is 2.35. The van der Waals surface area contributed by atoms with Gasteiger partial charge < -0.3 is 0 Å². The number of benzene rings is 3. The molecule has 0 aromatic heterocycles. The molecule has 0 heterocycles. The van der Waals surface area contributed by atoms with Crippen LogP contribution in [0.25, 0.3) is 10.8 Å². The first kappa shape index (κ1) is 14.6. The van der Waals surface area contributed by atoms with Crippen molar-refractivity contribution in [3.63, 3.8) is 0 Å². The molecule has 0 fully saturated rings. The van der Waals surface area contributed by atoms with Gasteiger partial charge in [-0.15, -0.1) is 0 Å². The maximum Gasteiger partial charge on any atom is 0.0444 e. The average molecular weight is 360 g/mol. The van der Waals surface area contributed by atoms with Crippen LogP contribution >= 0.6 is 27.5 Å². The maximum absolute atomic E-state index is 5.96. The van der Waals surface area contributed by atoms with Gasteiger partial charge in [-0.05, 0) is 52.9 Å². The van der Waals surface area contributed by atoms with E-state index in [1.165, 1.54) is 27.5 Å². The smallest absolute Gasteiger partial charge is 0.0444 e. The molecule has 21 heavy (non-hydrogen) atoms. The Bertz CT molecular complexity index is 762. The molecular formula is C19H16BrCl. The van der Waals surface area contributed by atoms with Crippen LogP contribution in [0.3, 0.4) is 0 Å². The first-order valence-corrected chi connectivity index (χ1v) is 8.31. The first-order valence-electron chi connectivity index (χ1n) is 7.02. The van der Waals surface area contributed by atoms with E-state index in [-0.39, 0.29) is 0 Å². The second-order valence-corrected chi connectivity index (χ2v) is 6.86. The van der Waals surface area contributed by atoms with E-state index >= 15 is 0 Å². The summed E-state index contributed by atoms with van der Waals surface area (Å²) in [7, 11) is 0. The molecule has 0 aliphatic heterocycles. The Morgan fingerprint density at radius 3 is 2.43 bits per heavy atom. The summed E-state index contributed by atoms with van der Waals surface area (Å²) in [5, 5.41) is 3.40. The van der Waals surface area contributed by atoms with Gasteiger partial charge in [-0.25, -0.2) is 0 Å². The summed E-state index contributed by atoms with van der Waals surface area (Å²) in [5.41, 5.74) is 3.99. The van der Waals surface area contributed by atoms with Gasteiger partial charge in [-0.2, -0.15) is 0 Å². The largest absolute Gasteiger partial charge is 0.0843 e. The van der Waals surface area contributed by atoms with Gasteiger partial charge in [0.15, 0.2) is 0 Å². The molecule has 0 nitrogen and oxygen atoms in total. The van der Waals surface area contributed by atoms with Gasteiger partial charge >= 0.3 is 0 Å². The van der Waals surface area contributed by atoms with Crippen molar-refractivity contribution >= 4 is 38.3 Å². The van der Waals surface area contributed by atoms with Crippen LogP contribution in [-0.4, -0.2) is 0 Å². The van der Waals surface area contributed by atoms with E-state index in [4.69, 9.17) is 11.6 Å². The fraction of sp³-hybridized carbons (Fsp3) is 0.158. The molecule has 1 unspecified atom stereocenters. The fourth-order valence-corrected chi connectivity index (χ4v) is 3.86. The van der Waals surface area contributed by atoms with E-state index in [2.05, 4.69) is 71.4 Å². The van der Waals surface area contributed by atoms with Crippen molar-refractivity contribution in [2.45, 2.75) is 18.2 Å². The number of hydrogen-bond donors (Lipinski definition) is 0. The van der Waals surface area contributed by atoms with E-state index in [0.29, 0.717) is 4.83 Å². The number of fused-ring (bicyclic) bond motifs is 1. The minimum Gasteiger partial charge on any atom is -0.0843 e. The highest BCUT2D eigenvalue weighted by atomic mass is 79.9. The quantitative estimate of drug-likeness (QED) is 0.469.